The number of carbonyl (C=O) groups excluding carboxylic acids is 2. The number of rotatable bonds is 8. The molecule has 0 saturated carbocycles. The van der Waals surface area contributed by atoms with Crippen molar-refractivity contribution in [3.05, 3.63) is 65.3 Å². The number of carbonyl (C=O) groups is 2. The molecule has 3 rings (SSSR count). The minimum absolute atomic E-state index is 0.00943. The van der Waals surface area contributed by atoms with Gasteiger partial charge < -0.3 is 19.2 Å². The van der Waals surface area contributed by atoms with Crippen LogP contribution in [0.1, 0.15) is 55.8 Å². The average Bonchev–Trinajstić information content (AvgIpc) is 3.28. The van der Waals surface area contributed by atoms with Crippen LogP contribution in [-0.2, 0) is 4.79 Å². The second kappa shape index (κ2) is 8.33. The molecule has 6 heteroatoms. The van der Waals surface area contributed by atoms with Crippen LogP contribution >= 0.6 is 0 Å². The highest BCUT2D eigenvalue weighted by atomic mass is 16.5. The molecule has 2 heterocycles. The van der Waals surface area contributed by atoms with Gasteiger partial charge in [0, 0.05) is 6.54 Å². The van der Waals surface area contributed by atoms with Gasteiger partial charge >= 0.3 is 0 Å². The second-order valence-corrected chi connectivity index (χ2v) is 7.06. The van der Waals surface area contributed by atoms with Crippen molar-refractivity contribution in [2.75, 3.05) is 6.54 Å². The number of ether oxygens (including phenoxy) is 1. The fourth-order valence-electron chi connectivity index (χ4n) is 3.36. The van der Waals surface area contributed by atoms with Crippen LogP contribution in [0.4, 0.5) is 0 Å². The fourth-order valence-corrected chi connectivity index (χ4v) is 3.36. The first-order chi connectivity index (χ1) is 13.4. The number of amides is 1. The first-order valence-corrected chi connectivity index (χ1v) is 9.53. The number of aliphatic hydroxyl groups excluding tert-OH is 1. The van der Waals surface area contributed by atoms with E-state index in [0.717, 1.165) is 12.8 Å². The standard InChI is InChI=1S/C22H25NO5/c1-4-5-11-23-19(15-8-6-9-16(13-15)28-14(2)3)18(21(25)22(23)26)20(24)17-10-7-12-27-17/h6-10,12-14,19,25H,4-5,11H2,1-3H3. The lowest BCUT2D eigenvalue weighted by atomic mass is 9.95. The van der Waals surface area contributed by atoms with Crippen molar-refractivity contribution in [2.45, 2.75) is 45.8 Å². The number of hydrogen-bond acceptors (Lipinski definition) is 5. The first kappa shape index (κ1) is 19.7. The van der Waals surface area contributed by atoms with Crippen LogP contribution in [0.2, 0.25) is 0 Å². The van der Waals surface area contributed by atoms with Crippen LogP contribution in [-0.4, -0.2) is 34.3 Å². The summed E-state index contributed by atoms with van der Waals surface area (Å²) in [6.45, 7) is 6.32. The number of Topliss-reactive ketones (excluding diaryl/α,β-unsaturated/α-hetero) is 1. The predicted octanol–water partition coefficient (Wildman–Crippen LogP) is 4.45. The van der Waals surface area contributed by atoms with Crippen LogP contribution in [0.3, 0.4) is 0 Å². The summed E-state index contributed by atoms with van der Waals surface area (Å²) in [6.07, 6.45) is 3.03. The highest BCUT2D eigenvalue weighted by Crippen LogP contribution is 2.40. The fraction of sp³-hybridized carbons (Fsp3) is 0.364. The van der Waals surface area contributed by atoms with Gasteiger partial charge in [-0.2, -0.15) is 0 Å². The summed E-state index contributed by atoms with van der Waals surface area (Å²) in [5, 5.41) is 10.5. The van der Waals surface area contributed by atoms with Crippen LogP contribution in [0.15, 0.2) is 58.4 Å². The van der Waals surface area contributed by atoms with E-state index in [2.05, 4.69) is 0 Å². The predicted molar refractivity (Wildman–Crippen MR) is 104 cm³/mol. The third kappa shape index (κ3) is 3.81. The van der Waals surface area contributed by atoms with Gasteiger partial charge in [0.25, 0.3) is 5.91 Å². The minimum atomic E-state index is -0.688. The molecule has 1 N–H and O–H groups in total. The van der Waals surface area contributed by atoms with Crippen molar-refractivity contribution < 1.29 is 23.8 Å². The summed E-state index contributed by atoms with van der Waals surface area (Å²) in [5.74, 6) is -0.811. The molecule has 2 aromatic rings. The first-order valence-electron chi connectivity index (χ1n) is 9.53. The molecule has 1 aromatic carbocycles. The van der Waals surface area contributed by atoms with Gasteiger partial charge in [0.2, 0.25) is 5.78 Å². The lowest BCUT2D eigenvalue weighted by molar-refractivity contribution is -0.129. The molecule has 28 heavy (non-hydrogen) atoms. The zero-order valence-electron chi connectivity index (χ0n) is 16.3. The third-order valence-electron chi connectivity index (χ3n) is 4.59. The van der Waals surface area contributed by atoms with Crippen molar-refractivity contribution >= 4 is 11.7 Å². The molecule has 0 fully saturated rings. The maximum atomic E-state index is 13.0. The Morgan fingerprint density at radius 2 is 2.07 bits per heavy atom. The number of nitrogens with zero attached hydrogens (tertiary/aromatic N) is 1. The minimum Gasteiger partial charge on any atom is -0.503 e. The van der Waals surface area contributed by atoms with E-state index >= 15 is 0 Å². The Hall–Kier alpha value is -3.02. The molecule has 1 amide bonds. The lowest BCUT2D eigenvalue weighted by Crippen LogP contribution is -2.32. The summed E-state index contributed by atoms with van der Waals surface area (Å²) in [5.41, 5.74) is 0.749. The molecule has 6 nitrogen and oxygen atoms in total. The van der Waals surface area contributed by atoms with E-state index in [9.17, 15) is 14.7 Å². The molecule has 1 unspecified atom stereocenters. The maximum Gasteiger partial charge on any atom is 0.290 e. The molecule has 1 aliphatic rings. The van der Waals surface area contributed by atoms with Crippen LogP contribution in [0.5, 0.6) is 5.75 Å². The van der Waals surface area contributed by atoms with Crippen LogP contribution in [0.25, 0.3) is 0 Å². The maximum absolute atomic E-state index is 13.0. The zero-order valence-corrected chi connectivity index (χ0v) is 16.3. The average molecular weight is 383 g/mol. The largest absolute Gasteiger partial charge is 0.503 e. The van der Waals surface area contributed by atoms with Crippen molar-refractivity contribution in [3.8, 4) is 5.75 Å². The Morgan fingerprint density at radius 1 is 1.29 bits per heavy atom. The Bertz CT molecular complexity index is 882. The summed E-state index contributed by atoms with van der Waals surface area (Å²) in [4.78, 5) is 27.3. The number of ketones is 1. The topological polar surface area (TPSA) is 80.0 Å². The molecule has 1 aliphatic heterocycles. The Balaban J connectivity index is 2.06. The van der Waals surface area contributed by atoms with E-state index in [-0.39, 0.29) is 17.4 Å². The van der Waals surface area contributed by atoms with Crippen molar-refractivity contribution in [1.82, 2.24) is 4.90 Å². The third-order valence-corrected chi connectivity index (χ3v) is 4.59. The number of unbranched alkanes of at least 4 members (excludes halogenated alkanes) is 1. The van der Waals surface area contributed by atoms with Gasteiger partial charge in [0.05, 0.1) is 24.0 Å². The number of aliphatic hydroxyl groups is 1. The number of benzene rings is 1. The van der Waals surface area contributed by atoms with Crippen LogP contribution < -0.4 is 4.74 Å². The van der Waals surface area contributed by atoms with E-state index in [1.54, 1.807) is 11.0 Å². The highest BCUT2D eigenvalue weighted by molar-refractivity contribution is 6.15. The smallest absolute Gasteiger partial charge is 0.290 e. The molecule has 0 radical (unpaired) electrons. The van der Waals surface area contributed by atoms with Crippen LogP contribution in [0, 0.1) is 0 Å². The summed E-state index contributed by atoms with van der Waals surface area (Å²) in [6, 6.07) is 9.73. The van der Waals surface area contributed by atoms with Gasteiger partial charge in [-0.3, -0.25) is 9.59 Å². The molecule has 1 aromatic heterocycles. The molecule has 148 valence electrons. The van der Waals surface area contributed by atoms with Gasteiger partial charge in [0.1, 0.15) is 5.75 Å². The summed E-state index contributed by atoms with van der Waals surface area (Å²) >= 11 is 0. The molecule has 1 atom stereocenters. The number of furan rings is 1. The van der Waals surface area contributed by atoms with Crippen molar-refractivity contribution in [2.24, 2.45) is 0 Å². The quantitative estimate of drug-likeness (QED) is 0.682. The Kier molecular flexibility index (Phi) is 5.87. The van der Waals surface area contributed by atoms with Crippen molar-refractivity contribution in [3.63, 3.8) is 0 Å². The molecule has 0 bridgehead atoms. The van der Waals surface area contributed by atoms with E-state index in [1.807, 2.05) is 45.0 Å². The Labute approximate surface area is 164 Å². The van der Waals surface area contributed by atoms with E-state index in [1.165, 1.54) is 12.3 Å². The van der Waals surface area contributed by atoms with E-state index in [0.29, 0.717) is 17.9 Å². The second-order valence-electron chi connectivity index (χ2n) is 7.06. The van der Waals surface area contributed by atoms with E-state index < -0.39 is 23.5 Å². The monoisotopic (exact) mass is 383 g/mol. The van der Waals surface area contributed by atoms with Gasteiger partial charge in [0.15, 0.2) is 11.5 Å². The van der Waals surface area contributed by atoms with Crippen molar-refractivity contribution in [1.29, 1.82) is 0 Å². The zero-order chi connectivity index (χ0) is 20.3. The summed E-state index contributed by atoms with van der Waals surface area (Å²) < 4.78 is 11.0. The normalized spacial score (nSPS) is 16.9. The number of hydrogen-bond donors (Lipinski definition) is 1. The Morgan fingerprint density at radius 3 is 2.71 bits per heavy atom. The lowest BCUT2D eigenvalue weighted by Gasteiger charge is -2.27. The van der Waals surface area contributed by atoms with E-state index in [4.69, 9.17) is 9.15 Å². The van der Waals surface area contributed by atoms with Gasteiger partial charge in [-0.25, -0.2) is 0 Å². The SMILES string of the molecule is CCCCN1C(=O)C(O)=C(C(=O)c2ccco2)C1c1cccc(OC(C)C)c1. The molecular formula is C22H25NO5. The molecule has 0 saturated heterocycles. The molecule has 0 spiro atoms. The molecular weight excluding hydrogens is 358 g/mol. The summed E-state index contributed by atoms with van der Waals surface area (Å²) in [7, 11) is 0. The van der Waals surface area contributed by atoms with Gasteiger partial charge in [-0.15, -0.1) is 0 Å². The van der Waals surface area contributed by atoms with Gasteiger partial charge in [-0.1, -0.05) is 25.5 Å². The highest BCUT2D eigenvalue weighted by Gasteiger charge is 2.44. The molecule has 0 aliphatic carbocycles. The van der Waals surface area contributed by atoms with Gasteiger partial charge in [-0.05, 0) is 50.1 Å².